The number of benzene rings is 9. The summed E-state index contributed by atoms with van der Waals surface area (Å²) < 4.78 is 127. The maximum absolute atomic E-state index is 7.13. The van der Waals surface area contributed by atoms with Crippen molar-refractivity contribution in [2.75, 3.05) is 0 Å². The molecule has 41 heteroatoms. The van der Waals surface area contributed by atoms with Crippen molar-refractivity contribution in [1.29, 1.82) is 0 Å². The topological polar surface area (TPSA) is 175 Å². The lowest BCUT2D eigenvalue weighted by atomic mass is 10.4. The van der Waals surface area contributed by atoms with E-state index in [1.807, 2.05) is 143 Å². The SMILES string of the molecule is CC(C)O[Si](O[SiH](C)C)(O[Si](C)(C)O[Si](O[SiH](C)C)(O[SiH](C)C)c1ccccc1)c1ccccc1.CC(C)O[Si](O[SiH](C)C)(O[Si](O[SiH](C)C)(O[SiH](C)C)c1ccccc1)c1ccccc1.C[SiH](C)O[Si](C)(O[SiH](C)C)c1ccccc1.C[SiH](C)O[Si](O[SiH](C)C)(c1ccccc1)c1ccccc1.C[SiH](O[Si](C)(C)O[Si](C)(C)C)O[Si](O[Si](C)(C)C)(c1ccccc1)c1ccccc1. The highest BCUT2D eigenvalue weighted by molar-refractivity contribution is 7.02. The highest BCUT2D eigenvalue weighted by atomic mass is 28.5. The van der Waals surface area contributed by atoms with E-state index in [0.29, 0.717) is 0 Å². The van der Waals surface area contributed by atoms with Crippen molar-refractivity contribution in [3.8, 4) is 0 Å². The summed E-state index contributed by atoms with van der Waals surface area (Å²) in [6.07, 6.45) is -0.121. The Morgan fingerprint density at radius 1 is 0.180 bits per heavy atom. The Balaban J connectivity index is 0.000000300. The Hall–Kier alpha value is -3.01. The molecule has 0 N–H and O–H groups in total. The van der Waals surface area contributed by atoms with Crippen molar-refractivity contribution < 1.29 is 78.8 Å². The fourth-order valence-electron chi connectivity index (χ4n) is 14.8. The van der Waals surface area contributed by atoms with Gasteiger partial charge < -0.3 is 78.8 Å². The Morgan fingerprint density at radius 2 is 0.383 bits per heavy atom. The van der Waals surface area contributed by atoms with Crippen molar-refractivity contribution in [1.82, 2.24) is 0 Å². The molecule has 0 fully saturated rings. The van der Waals surface area contributed by atoms with Gasteiger partial charge in [-0.2, -0.15) is 0 Å². The molecule has 0 saturated carbocycles. The fraction of sp³-hybridized carbons (Fsp3) is 0.413. The molecular formula is C92H166O19Si22. The highest BCUT2D eigenvalue weighted by Gasteiger charge is 2.60. The van der Waals surface area contributed by atoms with Gasteiger partial charge in [0.15, 0.2) is 107 Å². The molecule has 133 heavy (non-hydrogen) atoms. The summed E-state index contributed by atoms with van der Waals surface area (Å²) in [7, 11) is -45.4. The van der Waals surface area contributed by atoms with Gasteiger partial charge in [-0.1, -0.05) is 273 Å². The average Bonchev–Trinajstić information content (AvgIpc) is 0.752. The van der Waals surface area contributed by atoms with Gasteiger partial charge in [-0.3, -0.25) is 0 Å². The quantitative estimate of drug-likeness (QED) is 0.0329. The van der Waals surface area contributed by atoms with Crippen molar-refractivity contribution in [2.45, 2.75) is 249 Å². The lowest BCUT2D eigenvalue weighted by molar-refractivity contribution is 0.113. The minimum atomic E-state index is -3.33. The largest absolute Gasteiger partial charge is 0.519 e. The molecule has 0 amide bonds. The molecule has 3 atom stereocenters. The summed E-state index contributed by atoms with van der Waals surface area (Å²) in [5.74, 6) is 0. The summed E-state index contributed by atoms with van der Waals surface area (Å²) in [6, 6.07) is 93.0. The molecule has 0 aromatic heterocycles. The molecule has 0 radical (unpaired) electrons. The first-order valence-corrected chi connectivity index (χ1v) is 103. The van der Waals surface area contributed by atoms with Crippen LogP contribution < -0.4 is 46.7 Å². The van der Waals surface area contributed by atoms with E-state index in [1.54, 1.807) is 0 Å². The second kappa shape index (κ2) is 56.7. The molecule has 0 saturated heterocycles. The molecule has 9 rings (SSSR count). The minimum absolute atomic E-state index is 0.0605. The lowest BCUT2D eigenvalue weighted by Crippen LogP contribution is -2.71. The molecule has 0 aliphatic heterocycles. The van der Waals surface area contributed by atoms with Crippen LogP contribution in [0.3, 0.4) is 0 Å². The molecular weight excluding hydrogens is 2030 g/mol. The van der Waals surface area contributed by atoms with Crippen LogP contribution in [0, 0.1) is 0 Å². The first-order valence-electron chi connectivity index (χ1n) is 47.6. The molecule has 0 spiro atoms. The fourth-order valence-corrected chi connectivity index (χ4v) is 91.5. The number of rotatable bonds is 47. The third-order valence-corrected chi connectivity index (χ3v) is 84.6. The normalized spacial score (nSPS) is 14.0. The van der Waals surface area contributed by atoms with E-state index in [0.717, 1.165) is 31.1 Å². The smallest absolute Gasteiger partial charge is 0.437 e. The van der Waals surface area contributed by atoms with Gasteiger partial charge in [-0.25, -0.2) is 0 Å². The minimum Gasteiger partial charge on any atom is -0.437 e. The van der Waals surface area contributed by atoms with E-state index >= 15 is 0 Å². The van der Waals surface area contributed by atoms with E-state index in [-0.39, 0.29) is 12.2 Å². The summed E-state index contributed by atoms with van der Waals surface area (Å²) >= 11 is 0. The molecule has 736 valence electrons. The zero-order chi connectivity index (χ0) is 99.5. The molecule has 3 unspecified atom stereocenters. The monoisotopic (exact) mass is 2190 g/mol. The molecule has 9 aromatic carbocycles. The van der Waals surface area contributed by atoms with Gasteiger partial charge in [0.25, 0.3) is 0 Å². The zero-order valence-electron chi connectivity index (χ0n) is 87.2. The van der Waals surface area contributed by atoms with Gasteiger partial charge in [0.1, 0.15) is 0 Å². The van der Waals surface area contributed by atoms with E-state index in [9.17, 15) is 0 Å². The number of hydrogen-bond acceptors (Lipinski definition) is 19. The van der Waals surface area contributed by atoms with Crippen LogP contribution in [0.5, 0.6) is 0 Å². The molecule has 9 aromatic rings. The zero-order valence-corrected chi connectivity index (χ0v) is 111. The molecule has 19 nitrogen and oxygen atoms in total. The van der Waals surface area contributed by atoms with Crippen LogP contribution >= 0.6 is 0 Å². The standard InChI is InChI=1S/C23H44O6Si6.C21H38O5Si5.C21H38O4Si5.C16H24O2Si3.C11H22O2Si3/c1-21(2)24-34(25-30(3)4,22-17-13-11-14-18-22)28-33(9,10)29-35(26-31(5)6,27-32(7)8)23-19-15-12-16-20-23;1-19(2)22-30(23-27(3)4,20-15-11-9-12-16-20)26-31(24-28(5)6,25-29(7)8)21-17-13-10-14-18-21;1-26(22-29(8,9)24-27(2,3)4)23-30(25-28(5,6)7,20-16-12-10-13-17-20)21-18-14-11-15-19-21;1-19(2)17-21(18-20(3)4,15-11-7-5-8-12-15)16-13-9-6-10-14-16;1-14(2)12-16(5,13-15(3)4)11-9-7-6-8-10-11/h11-21,30-32H,1-10H3;9-19,27-29H,1-8H3;10-19,26H,1-9H3;5-14,19-20H,1-4H3;6-10,14-15H,1-5H3. The van der Waals surface area contributed by atoms with Crippen LogP contribution in [-0.2, 0) is 78.8 Å². The van der Waals surface area contributed by atoms with Crippen LogP contribution in [0.25, 0.3) is 0 Å². The third-order valence-electron chi connectivity index (χ3n) is 18.1. The van der Waals surface area contributed by atoms with Crippen molar-refractivity contribution in [2.24, 2.45) is 0 Å². The van der Waals surface area contributed by atoms with E-state index in [2.05, 4.69) is 367 Å². The average molecular weight is 2190 g/mol. The first-order chi connectivity index (χ1) is 62.1. The van der Waals surface area contributed by atoms with Gasteiger partial charge in [0, 0.05) is 33.0 Å². The Labute approximate surface area is 834 Å². The van der Waals surface area contributed by atoms with Crippen LogP contribution in [0.15, 0.2) is 273 Å². The Bertz CT molecular complexity index is 4360. The number of hydrogen-bond donors (Lipinski definition) is 0. The second-order valence-electron chi connectivity index (χ2n) is 39.0. The predicted octanol–water partition coefficient (Wildman–Crippen LogP) is 15.7. The maximum Gasteiger partial charge on any atom is 0.519 e. The first kappa shape index (κ1) is 120. The summed E-state index contributed by atoms with van der Waals surface area (Å²) in [6.45, 7) is 77.7. The third kappa shape index (κ3) is 41.8. The molecule has 0 heterocycles. The van der Waals surface area contributed by atoms with Gasteiger partial charge in [-0.15, -0.1) is 0 Å². The molecule has 0 aliphatic rings. The van der Waals surface area contributed by atoms with Gasteiger partial charge in [0.05, 0.1) is 0 Å². The highest BCUT2D eigenvalue weighted by Crippen LogP contribution is 2.30. The van der Waals surface area contributed by atoms with E-state index < -0.39 is 194 Å². The predicted molar refractivity (Wildman–Crippen MR) is 615 cm³/mol. The summed E-state index contributed by atoms with van der Waals surface area (Å²) in [5.41, 5.74) is 0. The second-order valence-corrected chi connectivity index (χ2v) is 105. The molecule has 0 aliphatic carbocycles. The summed E-state index contributed by atoms with van der Waals surface area (Å²) in [4.78, 5) is 0. The van der Waals surface area contributed by atoms with Crippen LogP contribution in [0.2, 0.25) is 210 Å². The Kier molecular flexibility index (Phi) is 51.4. The van der Waals surface area contributed by atoms with E-state index in [1.165, 1.54) is 15.6 Å². The maximum atomic E-state index is 7.13. The van der Waals surface area contributed by atoms with E-state index in [4.69, 9.17) is 78.8 Å². The van der Waals surface area contributed by atoms with Crippen molar-refractivity contribution in [3.63, 3.8) is 0 Å². The van der Waals surface area contributed by atoms with Crippen molar-refractivity contribution >= 4 is 241 Å². The lowest BCUT2D eigenvalue weighted by Gasteiger charge is -2.43. The van der Waals surface area contributed by atoms with Crippen molar-refractivity contribution in [3.05, 3.63) is 273 Å². The van der Waals surface area contributed by atoms with Crippen LogP contribution in [0.4, 0.5) is 0 Å². The Morgan fingerprint density at radius 3 is 0.624 bits per heavy atom. The summed E-state index contributed by atoms with van der Waals surface area (Å²) in [5, 5.41) is 9.85. The van der Waals surface area contributed by atoms with Gasteiger partial charge in [-0.05, 0) is 263 Å². The van der Waals surface area contributed by atoms with Crippen LogP contribution in [-0.4, -0.2) is 207 Å². The van der Waals surface area contributed by atoms with Gasteiger partial charge in [0.2, 0.25) is 0 Å². The molecule has 0 bridgehead atoms. The van der Waals surface area contributed by atoms with Crippen LogP contribution in [0.1, 0.15) is 27.7 Å². The van der Waals surface area contributed by atoms with Gasteiger partial charge >= 0.3 is 87.3 Å².